The van der Waals surface area contributed by atoms with Crippen LogP contribution in [0.1, 0.15) is 141 Å². The molecule has 4 aromatic rings. The Morgan fingerprint density at radius 1 is 0.667 bits per heavy atom. The monoisotopic (exact) mass is 1100 g/mol. The molecule has 4 aromatic carbocycles. The highest BCUT2D eigenvalue weighted by Gasteiger charge is 2.66. The van der Waals surface area contributed by atoms with Crippen LogP contribution in [0.3, 0.4) is 0 Å². The van der Waals surface area contributed by atoms with E-state index >= 15 is 0 Å². The summed E-state index contributed by atoms with van der Waals surface area (Å²) in [7, 11) is -3.66. The smallest absolute Gasteiger partial charge is 0.261 e. The van der Waals surface area contributed by atoms with E-state index in [1.165, 1.54) is 21.1 Å². The summed E-state index contributed by atoms with van der Waals surface area (Å²) in [4.78, 5) is 0. The first-order valence-electron chi connectivity index (χ1n) is 30.2. The lowest BCUT2D eigenvalue weighted by atomic mass is 9.75. The van der Waals surface area contributed by atoms with E-state index in [2.05, 4.69) is 200 Å². The van der Waals surface area contributed by atoms with E-state index in [0.29, 0.717) is 49.3 Å². The maximum atomic E-state index is 8.04. The van der Waals surface area contributed by atoms with Gasteiger partial charge in [-0.1, -0.05) is 187 Å². The van der Waals surface area contributed by atoms with Gasteiger partial charge in [0, 0.05) is 38.2 Å². The Labute approximate surface area is 470 Å². The third-order valence-corrected chi connectivity index (χ3v) is 31.3. The van der Waals surface area contributed by atoms with Gasteiger partial charge in [0.2, 0.25) is 8.32 Å². The van der Waals surface area contributed by atoms with Crippen LogP contribution in [-0.2, 0) is 53.4 Å². The molecule has 78 heavy (non-hydrogen) atoms. The van der Waals surface area contributed by atoms with Gasteiger partial charge in [-0.25, -0.2) is 0 Å². The summed E-state index contributed by atoms with van der Waals surface area (Å²) in [5, 5.41) is 4.71. The highest BCUT2D eigenvalue weighted by Crippen LogP contribution is 2.55. The van der Waals surface area contributed by atoms with Crippen LogP contribution in [0, 0.1) is 23.7 Å². The molecule has 0 radical (unpaired) electrons. The second kappa shape index (κ2) is 22.7. The van der Waals surface area contributed by atoms with E-state index in [1.807, 2.05) is 0 Å². The van der Waals surface area contributed by atoms with Crippen molar-refractivity contribution in [1.29, 1.82) is 0 Å². The average Bonchev–Trinajstić information content (AvgIpc) is 4.07. The van der Waals surface area contributed by atoms with Crippen LogP contribution >= 0.6 is 0 Å². The Balaban J connectivity index is 0.995. The minimum Gasteiger partial charge on any atom is -0.410 e. The second-order valence-electron chi connectivity index (χ2n) is 27.1. The zero-order valence-corrected chi connectivity index (χ0v) is 52.0. The molecule has 0 saturated carbocycles. The first-order chi connectivity index (χ1) is 37.1. The largest absolute Gasteiger partial charge is 0.410 e. The third kappa shape index (κ3) is 10.4. The minimum absolute atomic E-state index is 0.0627. The molecule has 6 aliphatic rings. The fraction of sp³-hybridized carbons (Fsp3) is 0.667. The molecule has 16 atom stereocenters. The first-order valence-corrected chi connectivity index (χ1v) is 34.2. The average molecular weight is 1110 g/mol. The predicted molar refractivity (Wildman–Crippen MR) is 315 cm³/mol. The van der Waals surface area contributed by atoms with E-state index in [4.69, 9.17) is 46.7 Å². The van der Waals surface area contributed by atoms with Gasteiger partial charge < -0.3 is 46.7 Å². The van der Waals surface area contributed by atoms with Crippen LogP contribution in [0.15, 0.2) is 103 Å². The number of fused-ring (bicyclic) bond motifs is 5. The molecule has 6 fully saturated rings. The lowest BCUT2D eigenvalue weighted by molar-refractivity contribution is -0.387. The molecule has 0 aliphatic carbocycles. The van der Waals surface area contributed by atoms with Gasteiger partial charge in [-0.3, -0.25) is 0 Å². The van der Waals surface area contributed by atoms with Gasteiger partial charge >= 0.3 is 0 Å². The van der Waals surface area contributed by atoms with Crippen LogP contribution in [0.4, 0.5) is 0 Å². The second-order valence-corrected chi connectivity index (χ2v) is 36.8. The molecular weight excluding hydrogens is 1010 g/mol. The zero-order chi connectivity index (χ0) is 55.6. The van der Waals surface area contributed by atoms with E-state index in [9.17, 15) is 0 Å². The van der Waals surface area contributed by atoms with Gasteiger partial charge in [0.1, 0.15) is 17.8 Å². The van der Waals surface area contributed by atoms with E-state index in [1.54, 1.807) is 7.11 Å². The molecule has 0 amide bonds. The Kier molecular flexibility index (Phi) is 17.0. The van der Waals surface area contributed by atoms with Crippen molar-refractivity contribution >= 4 is 37.8 Å². The van der Waals surface area contributed by atoms with Crippen molar-refractivity contribution in [3.05, 3.63) is 109 Å². The molecule has 0 bridgehead atoms. The maximum Gasteiger partial charge on any atom is 0.261 e. The summed E-state index contributed by atoms with van der Waals surface area (Å²) in [5.74, 6) is -1.65. The number of hydrogen-bond acceptors (Lipinski definition) is 10. The summed E-state index contributed by atoms with van der Waals surface area (Å²) < 4.78 is 74.8. The van der Waals surface area contributed by atoms with Crippen molar-refractivity contribution in [2.75, 3.05) is 20.3 Å². The minimum atomic E-state index is -2.97. The fourth-order valence-electron chi connectivity index (χ4n) is 16.0. The van der Waals surface area contributed by atoms with Gasteiger partial charge in [-0.05, 0) is 92.5 Å². The van der Waals surface area contributed by atoms with Gasteiger partial charge in [0.05, 0.1) is 62.5 Å². The fourth-order valence-corrected chi connectivity index (χ4v) is 26.4. The molecule has 0 unspecified atom stereocenters. The molecule has 1 spiro atoms. The predicted octanol–water partition coefficient (Wildman–Crippen LogP) is 13.3. The molecule has 428 valence electrons. The quantitative estimate of drug-likeness (QED) is 0.114. The topological polar surface area (TPSA) is 92.3 Å². The molecule has 6 aliphatic heterocycles. The van der Waals surface area contributed by atoms with Gasteiger partial charge in [0.25, 0.3) is 8.32 Å². The van der Waals surface area contributed by atoms with Crippen molar-refractivity contribution in [3.63, 3.8) is 0 Å². The Hall–Kier alpha value is -2.83. The Bertz CT molecular complexity index is 2560. The van der Waals surface area contributed by atoms with Gasteiger partial charge in [-0.15, -0.1) is 0 Å². The summed E-state index contributed by atoms with van der Waals surface area (Å²) in [6.07, 6.45) is 1.59. The van der Waals surface area contributed by atoms with Crippen molar-refractivity contribution in [2.24, 2.45) is 23.7 Å². The van der Waals surface area contributed by atoms with Gasteiger partial charge in [-0.2, -0.15) is 0 Å². The number of hydrogen-bond donors (Lipinski definition) is 0. The first kappa shape index (κ1) is 58.4. The number of methoxy groups -OCH3 is 1. The standard InChI is InChI=1S/C66H96O10Si2/c1-42(2)77(43(3)4,44(5)6)76-58-38-55-56(73-64(58,14)41-70-78(63(11,12)13,52-27-18-16-19-28-52)53-29-20-17-21-30-53)36-45(7)35-54-57(71-55)39-66(67-15)62(72-54)47(9)59(68-40-49-31-32-50-25-22-23-26-51(50)37-49)61-60(74-66)46(8)48(10)65(75-61)33-24-34-69-65/h16-23,25-32,37,42-48,54-62H,24,33-36,38-41H2,1-15H3/t45-,46+,47+,48+,54+,55+,56-,57-,58-,59+,60-,61+,62-,64+,65-,66+/m1/s1. The van der Waals surface area contributed by atoms with Crippen molar-refractivity contribution in [3.8, 4) is 0 Å². The van der Waals surface area contributed by atoms with Crippen LogP contribution in [-0.4, -0.2) is 109 Å². The lowest BCUT2D eigenvalue weighted by Gasteiger charge is -2.57. The molecule has 6 saturated heterocycles. The van der Waals surface area contributed by atoms with Crippen molar-refractivity contribution < 1.29 is 46.7 Å². The van der Waals surface area contributed by atoms with Crippen molar-refractivity contribution in [1.82, 2.24) is 0 Å². The SMILES string of the molecule is CO[C@]12C[C@H]3O[C@H]4C[C@@H](O[Si](C(C)C)(C(C)C)C(C)C)[C@](C)(CO[Si](c5ccccc5)(c5ccccc5)C(C)(C)C)O[C@@H]4C[C@H](C)C[C@@H]3O[C@@H]1[C@@H](C)[C@H](OCc1ccc3ccccc3c1)[C@@H]1O[C@]3(CCCO3)[C@@H](C)[C@H](C)[C@H]1O2. The molecule has 12 heteroatoms. The molecule has 6 heterocycles. The zero-order valence-electron chi connectivity index (χ0n) is 50.0. The Morgan fingerprint density at radius 2 is 1.28 bits per heavy atom. The van der Waals surface area contributed by atoms with Crippen LogP contribution < -0.4 is 10.4 Å². The molecule has 10 nitrogen and oxygen atoms in total. The van der Waals surface area contributed by atoms with Gasteiger partial charge in [0.15, 0.2) is 11.6 Å². The Morgan fingerprint density at radius 3 is 1.88 bits per heavy atom. The highest BCUT2D eigenvalue weighted by molar-refractivity contribution is 6.99. The molecule has 10 rings (SSSR count). The lowest BCUT2D eigenvalue weighted by Crippen LogP contribution is -2.70. The maximum absolute atomic E-state index is 8.04. The summed E-state index contributed by atoms with van der Waals surface area (Å²) in [5.41, 5.74) is 1.43. The number of rotatable bonds is 14. The van der Waals surface area contributed by atoms with E-state index in [-0.39, 0.29) is 71.4 Å². The number of benzene rings is 4. The van der Waals surface area contributed by atoms with Crippen molar-refractivity contribution in [2.45, 2.75) is 236 Å². The molecular formula is C66H96O10Si2. The highest BCUT2D eigenvalue weighted by atomic mass is 28.4. The summed E-state index contributed by atoms with van der Waals surface area (Å²) in [6, 6.07) is 37.1. The molecule has 0 N–H and O–H groups in total. The van der Waals surface area contributed by atoms with E-state index in [0.717, 1.165) is 31.2 Å². The van der Waals surface area contributed by atoms with E-state index < -0.39 is 46.0 Å². The summed E-state index contributed by atoms with van der Waals surface area (Å²) in [6.45, 7) is 34.3. The van der Waals surface area contributed by atoms with Crippen LogP contribution in [0.25, 0.3) is 10.8 Å². The normalized spacial score (nSPS) is 36.7. The summed E-state index contributed by atoms with van der Waals surface area (Å²) >= 11 is 0. The van der Waals surface area contributed by atoms with Crippen LogP contribution in [0.2, 0.25) is 21.7 Å². The number of ether oxygens (including phenoxy) is 8. The molecule has 0 aromatic heterocycles. The third-order valence-electron chi connectivity index (χ3n) is 20.2. The van der Waals surface area contributed by atoms with Crippen LogP contribution in [0.5, 0.6) is 0 Å².